The van der Waals surface area contributed by atoms with Gasteiger partial charge in [-0.2, -0.15) is 0 Å². The van der Waals surface area contributed by atoms with Crippen molar-refractivity contribution < 1.29 is 4.79 Å². The van der Waals surface area contributed by atoms with Gasteiger partial charge in [0, 0.05) is 49.6 Å². The van der Waals surface area contributed by atoms with Gasteiger partial charge in [-0.1, -0.05) is 6.92 Å². The minimum absolute atomic E-state index is 0.154. The third-order valence-electron chi connectivity index (χ3n) is 3.70. The van der Waals surface area contributed by atoms with Crippen LogP contribution in [-0.4, -0.2) is 42.5 Å². The number of rotatable bonds is 10. The molecule has 0 spiro atoms. The van der Waals surface area contributed by atoms with Crippen LogP contribution in [0.3, 0.4) is 0 Å². The van der Waals surface area contributed by atoms with Crippen molar-refractivity contribution in [2.24, 2.45) is 4.99 Å². The lowest BCUT2D eigenvalue weighted by atomic mass is 10.3. The number of aromatic nitrogens is 1. The van der Waals surface area contributed by atoms with Gasteiger partial charge in [0.05, 0.1) is 5.01 Å². The minimum atomic E-state index is 0.154. The zero-order chi connectivity index (χ0) is 17.2. The first-order valence-corrected chi connectivity index (χ1v) is 9.78. The van der Waals surface area contributed by atoms with Crippen LogP contribution in [0.1, 0.15) is 49.4 Å². The maximum Gasteiger partial charge on any atom is 0.220 e. The summed E-state index contributed by atoms with van der Waals surface area (Å²) in [4.78, 5) is 21.9. The summed E-state index contributed by atoms with van der Waals surface area (Å²) in [6, 6.07) is 0.444. The monoisotopic (exact) mass is 351 g/mol. The third-order valence-corrected chi connectivity index (χ3v) is 4.90. The number of hydrogen-bond donors (Lipinski definition) is 3. The lowest BCUT2D eigenvalue weighted by molar-refractivity contribution is -0.121. The number of amides is 1. The van der Waals surface area contributed by atoms with E-state index in [0.29, 0.717) is 19.0 Å². The molecule has 0 atom stereocenters. The molecule has 1 aromatic heterocycles. The zero-order valence-electron chi connectivity index (χ0n) is 14.7. The first-order chi connectivity index (χ1) is 11.7. The van der Waals surface area contributed by atoms with Crippen molar-refractivity contribution in [2.75, 3.05) is 19.6 Å². The van der Waals surface area contributed by atoms with E-state index >= 15 is 0 Å². The Balaban J connectivity index is 1.64. The molecule has 0 saturated heterocycles. The van der Waals surface area contributed by atoms with E-state index in [4.69, 9.17) is 0 Å². The number of nitrogens with zero attached hydrogens (tertiary/aromatic N) is 2. The Morgan fingerprint density at radius 3 is 2.88 bits per heavy atom. The number of nitrogens with one attached hydrogen (secondary N) is 3. The van der Waals surface area contributed by atoms with Crippen LogP contribution in [0.5, 0.6) is 0 Å². The predicted octanol–water partition coefficient (Wildman–Crippen LogP) is 1.86. The van der Waals surface area contributed by atoms with Gasteiger partial charge in [-0.05, 0) is 32.6 Å². The molecule has 3 N–H and O–H groups in total. The van der Waals surface area contributed by atoms with Crippen LogP contribution in [0, 0.1) is 0 Å². The van der Waals surface area contributed by atoms with E-state index in [2.05, 4.69) is 39.8 Å². The van der Waals surface area contributed by atoms with Crippen molar-refractivity contribution in [3.8, 4) is 0 Å². The van der Waals surface area contributed by atoms with E-state index in [1.54, 1.807) is 11.3 Å². The number of aliphatic imine (C=N–C) groups is 1. The van der Waals surface area contributed by atoms with Crippen LogP contribution in [0.25, 0.3) is 0 Å². The van der Waals surface area contributed by atoms with Gasteiger partial charge in [-0.15, -0.1) is 11.3 Å². The number of aryl methyl sites for hydroxylation is 1. The van der Waals surface area contributed by atoms with Crippen LogP contribution in [0.4, 0.5) is 0 Å². The molecule has 1 fully saturated rings. The van der Waals surface area contributed by atoms with Gasteiger partial charge in [-0.3, -0.25) is 9.79 Å². The molecule has 1 aliphatic carbocycles. The fourth-order valence-corrected chi connectivity index (χ4v) is 3.08. The highest BCUT2D eigenvalue weighted by molar-refractivity contribution is 7.11. The molecule has 1 aromatic rings. The molecule has 1 aliphatic rings. The standard InChI is InChI=1S/C17H29N5OS/c1-3-14-12-21-16(24-14)9-11-20-17(18-4-2)19-10-5-6-15(23)22-13-7-8-13/h12-13H,3-11H2,1-2H3,(H,22,23)(H2,18,19,20). The molecule has 7 heteroatoms. The summed E-state index contributed by atoms with van der Waals surface area (Å²) in [5, 5.41) is 10.7. The van der Waals surface area contributed by atoms with Crippen LogP contribution in [-0.2, 0) is 17.6 Å². The molecule has 1 amide bonds. The highest BCUT2D eigenvalue weighted by Gasteiger charge is 2.22. The lowest BCUT2D eigenvalue weighted by Gasteiger charge is -2.10. The van der Waals surface area contributed by atoms with Gasteiger partial charge in [0.2, 0.25) is 5.91 Å². The first-order valence-electron chi connectivity index (χ1n) is 8.96. The molecule has 0 aliphatic heterocycles. The Kier molecular flexibility index (Phi) is 8.01. The van der Waals surface area contributed by atoms with E-state index in [1.165, 1.54) is 4.88 Å². The smallest absolute Gasteiger partial charge is 0.220 e. The van der Waals surface area contributed by atoms with Crippen LogP contribution in [0.2, 0.25) is 0 Å². The topological polar surface area (TPSA) is 78.4 Å². The van der Waals surface area contributed by atoms with Gasteiger partial charge < -0.3 is 16.0 Å². The molecule has 1 heterocycles. The molecule has 0 radical (unpaired) electrons. The summed E-state index contributed by atoms with van der Waals surface area (Å²) in [7, 11) is 0. The van der Waals surface area contributed by atoms with E-state index in [-0.39, 0.29) is 5.91 Å². The van der Waals surface area contributed by atoms with Crippen molar-refractivity contribution in [3.05, 3.63) is 16.1 Å². The van der Waals surface area contributed by atoms with Crippen molar-refractivity contribution in [2.45, 2.75) is 58.4 Å². The molecule has 134 valence electrons. The summed E-state index contributed by atoms with van der Waals surface area (Å²) in [6.45, 7) is 6.49. The highest BCUT2D eigenvalue weighted by atomic mass is 32.1. The molecule has 0 bridgehead atoms. The zero-order valence-corrected chi connectivity index (χ0v) is 15.5. The number of thiazole rings is 1. The molecule has 2 rings (SSSR count). The van der Waals surface area contributed by atoms with Crippen molar-refractivity contribution in [1.29, 1.82) is 0 Å². The number of carbonyl (C=O) groups is 1. The average Bonchev–Trinajstić information content (AvgIpc) is 3.26. The van der Waals surface area contributed by atoms with Crippen molar-refractivity contribution in [3.63, 3.8) is 0 Å². The maximum atomic E-state index is 11.6. The second kappa shape index (κ2) is 10.3. The number of carbonyl (C=O) groups excluding carboxylic acids is 1. The van der Waals surface area contributed by atoms with Gasteiger partial charge in [0.15, 0.2) is 5.96 Å². The molecule has 0 unspecified atom stereocenters. The molecule has 24 heavy (non-hydrogen) atoms. The van der Waals surface area contributed by atoms with Crippen molar-refractivity contribution in [1.82, 2.24) is 20.9 Å². The van der Waals surface area contributed by atoms with E-state index in [1.807, 2.05) is 6.20 Å². The number of hydrogen-bond acceptors (Lipinski definition) is 4. The molecular weight excluding hydrogens is 322 g/mol. The second-order valence-corrected chi connectivity index (χ2v) is 7.16. The first kappa shape index (κ1) is 18.7. The number of guanidine groups is 1. The SMILES string of the molecule is CCNC(=NCCCC(=O)NC1CC1)NCCc1ncc(CC)s1. The normalized spacial score (nSPS) is 14.5. The van der Waals surface area contributed by atoms with Crippen LogP contribution < -0.4 is 16.0 Å². The fourth-order valence-electron chi connectivity index (χ4n) is 2.21. The summed E-state index contributed by atoms with van der Waals surface area (Å²) in [5.74, 6) is 0.966. The summed E-state index contributed by atoms with van der Waals surface area (Å²) >= 11 is 1.78. The Labute approximate surface area is 148 Å². The second-order valence-electron chi connectivity index (χ2n) is 5.96. The molecule has 6 nitrogen and oxygen atoms in total. The van der Waals surface area contributed by atoms with Crippen LogP contribution in [0.15, 0.2) is 11.2 Å². The summed E-state index contributed by atoms with van der Waals surface area (Å²) in [5.41, 5.74) is 0. The van der Waals surface area contributed by atoms with Gasteiger partial charge in [0.25, 0.3) is 0 Å². The largest absolute Gasteiger partial charge is 0.357 e. The molecule has 1 saturated carbocycles. The van der Waals surface area contributed by atoms with Crippen molar-refractivity contribution >= 4 is 23.2 Å². The predicted molar refractivity (Wildman–Crippen MR) is 99.6 cm³/mol. The Bertz CT molecular complexity index is 539. The Morgan fingerprint density at radius 1 is 1.38 bits per heavy atom. The molecular formula is C17H29N5OS. The van der Waals surface area contributed by atoms with E-state index in [0.717, 1.165) is 56.2 Å². The average molecular weight is 352 g/mol. The van der Waals surface area contributed by atoms with Gasteiger partial charge in [0.1, 0.15) is 0 Å². The molecule has 0 aromatic carbocycles. The van der Waals surface area contributed by atoms with E-state index in [9.17, 15) is 4.79 Å². The Hall–Kier alpha value is -1.63. The summed E-state index contributed by atoms with van der Waals surface area (Å²) in [6.07, 6.45) is 7.52. The van der Waals surface area contributed by atoms with Crippen LogP contribution >= 0.6 is 11.3 Å². The summed E-state index contributed by atoms with van der Waals surface area (Å²) < 4.78 is 0. The Morgan fingerprint density at radius 2 is 2.21 bits per heavy atom. The quantitative estimate of drug-likeness (QED) is 0.342. The lowest BCUT2D eigenvalue weighted by Crippen LogP contribution is -2.38. The minimum Gasteiger partial charge on any atom is -0.357 e. The van der Waals surface area contributed by atoms with E-state index < -0.39 is 0 Å². The van der Waals surface area contributed by atoms with Gasteiger partial charge in [-0.25, -0.2) is 4.98 Å². The maximum absolute atomic E-state index is 11.6. The third kappa shape index (κ3) is 7.29. The van der Waals surface area contributed by atoms with Gasteiger partial charge >= 0.3 is 0 Å². The highest BCUT2D eigenvalue weighted by Crippen LogP contribution is 2.18. The fraction of sp³-hybridized carbons (Fsp3) is 0.706.